The molecule has 10 nitrogen and oxygen atoms in total. The summed E-state index contributed by atoms with van der Waals surface area (Å²) in [6, 6.07) is 0. The third-order valence-corrected chi connectivity index (χ3v) is 10.3. The van der Waals surface area contributed by atoms with Crippen LogP contribution in [0.4, 0.5) is 0 Å². The average molecular weight is 517 g/mol. The zero-order valence-corrected chi connectivity index (χ0v) is 21.2. The molecule has 200 valence electrons. The van der Waals surface area contributed by atoms with E-state index in [-0.39, 0.29) is 37.1 Å². The van der Waals surface area contributed by atoms with Crippen LogP contribution in [0, 0.1) is 10.8 Å². The Morgan fingerprint density at radius 1 is 0.811 bits per heavy atom. The van der Waals surface area contributed by atoms with E-state index in [1.165, 1.54) is 24.3 Å². The van der Waals surface area contributed by atoms with Gasteiger partial charge in [-0.05, 0) is 26.7 Å². The van der Waals surface area contributed by atoms with Gasteiger partial charge in [0.2, 0.25) is 0 Å². The Kier molecular flexibility index (Phi) is 4.78. The maximum Gasteiger partial charge on any atom is 0.338 e. The lowest BCUT2D eigenvalue weighted by Gasteiger charge is -2.58. The molecule has 10 atom stereocenters. The van der Waals surface area contributed by atoms with Crippen LogP contribution >= 0.6 is 0 Å². The lowest BCUT2D eigenvalue weighted by atomic mass is 9.50. The summed E-state index contributed by atoms with van der Waals surface area (Å²) in [5.41, 5.74) is -2.95. The molecule has 2 spiro atoms. The van der Waals surface area contributed by atoms with Crippen molar-refractivity contribution >= 4 is 17.9 Å². The van der Waals surface area contributed by atoms with Gasteiger partial charge in [-0.3, -0.25) is 0 Å². The molecule has 0 radical (unpaired) electrons. The van der Waals surface area contributed by atoms with Crippen LogP contribution in [0.1, 0.15) is 46.5 Å². The van der Waals surface area contributed by atoms with Crippen LogP contribution in [0.2, 0.25) is 0 Å². The molecule has 2 aliphatic carbocycles. The average Bonchev–Trinajstić information content (AvgIpc) is 3.76. The quantitative estimate of drug-likeness (QED) is 0.266. The molecule has 5 heterocycles. The fourth-order valence-corrected chi connectivity index (χ4v) is 7.69. The maximum atomic E-state index is 13.2. The minimum absolute atomic E-state index is 0.0817. The highest BCUT2D eigenvalue weighted by Crippen LogP contribution is 2.75. The molecule has 10 unspecified atom stereocenters. The van der Waals surface area contributed by atoms with Crippen molar-refractivity contribution in [3.05, 3.63) is 24.3 Å². The molecule has 10 heteroatoms. The number of fused-ring (bicyclic) bond motifs is 3. The topological polar surface area (TPSA) is 126 Å². The zero-order chi connectivity index (χ0) is 25.8. The Morgan fingerprint density at radius 3 is 2.32 bits per heavy atom. The fraction of sp³-hybridized carbons (Fsp3) is 0.741. The Bertz CT molecular complexity index is 1130. The Labute approximate surface area is 214 Å². The molecule has 37 heavy (non-hydrogen) atoms. The molecular formula is C27H32O10. The van der Waals surface area contributed by atoms with Gasteiger partial charge in [0.05, 0.1) is 36.4 Å². The van der Waals surface area contributed by atoms with Gasteiger partial charge >= 0.3 is 17.9 Å². The second-order valence-corrected chi connectivity index (χ2v) is 12.1. The number of hydrogen-bond acceptors (Lipinski definition) is 10. The van der Waals surface area contributed by atoms with E-state index in [4.69, 9.17) is 33.2 Å². The van der Waals surface area contributed by atoms with Gasteiger partial charge < -0.3 is 33.2 Å². The van der Waals surface area contributed by atoms with Crippen molar-refractivity contribution < 1.29 is 47.5 Å². The van der Waals surface area contributed by atoms with Crippen molar-refractivity contribution in [2.75, 3.05) is 19.8 Å². The minimum atomic E-state index is -0.751. The normalized spacial score (nSPS) is 54.9. The molecule has 2 saturated carbocycles. The molecule has 0 N–H and O–H groups in total. The van der Waals surface area contributed by atoms with Crippen molar-refractivity contribution in [3.8, 4) is 0 Å². The first-order valence-electron chi connectivity index (χ1n) is 13.1. The maximum absolute atomic E-state index is 13.2. The first-order chi connectivity index (χ1) is 17.6. The number of carbonyl (C=O) groups is 3. The molecule has 0 aromatic carbocycles. The second-order valence-electron chi connectivity index (χ2n) is 12.1. The Morgan fingerprint density at radius 2 is 1.57 bits per heavy atom. The van der Waals surface area contributed by atoms with E-state index < -0.39 is 52.1 Å². The molecule has 4 saturated heterocycles. The number of rotatable bonds is 0. The molecule has 6 fully saturated rings. The molecule has 7 rings (SSSR count). The van der Waals surface area contributed by atoms with Crippen molar-refractivity contribution in [1.82, 2.24) is 0 Å². The summed E-state index contributed by atoms with van der Waals surface area (Å²) in [4.78, 5) is 38.0. The monoisotopic (exact) mass is 516 g/mol. The number of hydrogen-bond donors (Lipinski definition) is 0. The SMILES string of the molecule is CC12CCOC(=O)C=C/C=C/C(=O)OC3CC4OC5C6OC6(C)CCC5(COC(=O)C1O2)C3(C)C41CO1. The highest BCUT2D eigenvalue weighted by Gasteiger charge is 2.86. The van der Waals surface area contributed by atoms with E-state index in [0.717, 1.165) is 6.42 Å². The standard InChI is InChI=1S/C27H32O10/c1-23-8-9-26-13-32-22(30)21-24(2,37-21)10-11-31-17(28)6-4-5-7-18(29)34-15-12-16(35-20(26)19(23)36-23)27(14-33-27)25(15,26)3/h4-7,15-16,19-21H,8-14H2,1-3H3/b6-4?,7-5+. The predicted octanol–water partition coefficient (Wildman–Crippen LogP) is 1.54. The predicted molar refractivity (Wildman–Crippen MR) is 123 cm³/mol. The van der Waals surface area contributed by atoms with Gasteiger partial charge in [-0.25, -0.2) is 14.4 Å². The molecule has 0 aromatic heterocycles. The summed E-state index contributed by atoms with van der Waals surface area (Å²) in [5, 5.41) is 0. The van der Waals surface area contributed by atoms with Crippen LogP contribution in [-0.2, 0) is 47.5 Å². The third kappa shape index (κ3) is 3.16. The summed E-state index contributed by atoms with van der Waals surface area (Å²) >= 11 is 0. The lowest BCUT2D eigenvalue weighted by Crippen LogP contribution is -2.69. The van der Waals surface area contributed by atoms with Crippen molar-refractivity contribution in [2.45, 2.75) is 93.8 Å². The summed E-state index contributed by atoms with van der Waals surface area (Å²) < 4.78 is 42.0. The van der Waals surface area contributed by atoms with Crippen molar-refractivity contribution in [1.29, 1.82) is 0 Å². The highest BCUT2D eigenvalue weighted by atomic mass is 16.7. The van der Waals surface area contributed by atoms with Crippen molar-refractivity contribution in [2.24, 2.45) is 10.8 Å². The van der Waals surface area contributed by atoms with Gasteiger partial charge in [0.25, 0.3) is 0 Å². The van der Waals surface area contributed by atoms with E-state index in [1.54, 1.807) is 0 Å². The van der Waals surface area contributed by atoms with E-state index in [2.05, 4.69) is 13.8 Å². The number of allylic oxidation sites excluding steroid dienone is 2. The summed E-state index contributed by atoms with van der Waals surface area (Å²) in [6.07, 6.45) is 5.78. The lowest BCUT2D eigenvalue weighted by molar-refractivity contribution is -0.251. The van der Waals surface area contributed by atoms with Gasteiger partial charge in [0.15, 0.2) is 6.10 Å². The van der Waals surface area contributed by atoms with Gasteiger partial charge in [0, 0.05) is 30.4 Å². The van der Waals surface area contributed by atoms with Gasteiger partial charge in [-0.2, -0.15) is 0 Å². The Balaban J connectivity index is 1.26. The molecule has 0 amide bonds. The second kappa shape index (κ2) is 7.43. The Hall–Kier alpha value is -2.27. The van der Waals surface area contributed by atoms with Gasteiger partial charge in [0.1, 0.15) is 30.0 Å². The zero-order valence-electron chi connectivity index (χ0n) is 21.2. The van der Waals surface area contributed by atoms with E-state index in [0.29, 0.717) is 25.9 Å². The molecular weight excluding hydrogens is 484 g/mol. The van der Waals surface area contributed by atoms with Crippen LogP contribution in [0.5, 0.6) is 0 Å². The first kappa shape index (κ1) is 23.8. The largest absolute Gasteiger partial charge is 0.463 e. The number of cyclic esters (lactones) is 2. The van der Waals surface area contributed by atoms with Crippen LogP contribution < -0.4 is 0 Å². The molecule has 5 aliphatic heterocycles. The van der Waals surface area contributed by atoms with Crippen LogP contribution in [0.15, 0.2) is 24.3 Å². The van der Waals surface area contributed by atoms with E-state index >= 15 is 0 Å². The fourth-order valence-electron chi connectivity index (χ4n) is 7.69. The first-order valence-corrected chi connectivity index (χ1v) is 13.1. The van der Waals surface area contributed by atoms with Crippen LogP contribution in [-0.4, -0.2) is 85.1 Å². The van der Waals surface area contributed by atoms with Gasteiger partial charge in [-0.15, -0.1) is 0 Å². The number of epoxide rings is 3. The van der Waals surface area contributed by atoms with Crippen molar-refractivity contribution in [3.63, 3.8) is 0 Å². The minimum Gasteiger partial charge on any atom is -0.463 e. The van der Waals surface area contributed by atoms with E-state index in [9.17, 15) is 14.4 Å². The number of carbonyl (C=O) groups excluding carboxylic acids is 3. The number of ether oxygens (including phenoxy) is 7. The van der Waals surface area contributed by atoms with Gasteiger partial charge in [-0.1, -0.05) is 19.1 Å². The summed E-state index contributed by atoms with van der Waals surface area (Å²) in [5.74, 6) is -1.54. The molecule has 7 aliphatic rings. The highest BCUT2D eigenvalue weighted by molar-refractivity contribution is 5.84. The molecule has 2 bridgehead atoms. The summed E-state index contributed by atoms with van der Waals surface area (Å²) in [6.45, 7) is 6.67. The van der Waals surface area contributed by atoms with Crippen LogP contribution in [0.25, 0.3) is 0 Å². The number of esters is 3. The summed E-state index contributed by atoms with van der Waals surface area (Å²) in [7, 11) is 0. The third-order valence-electron chi connectivity index (χ3n) is 10.3. The smallest absolute Gasteiger partial charge is 0.338 e. The van der Waals surface area contributed by atoms with E-state index in [1.807, 2.05) is 6.92 Å². The van der Waals surface area contributed by atoms with Crippen LogP contribution in [0.3, 0.4) is 0 Å². The molecule has 0 aromatic rings.